The number of thiazole rings is 1. The lowest BCUT2D eigenvalue weighted by Crippen LogP contribution is -2.00. The number of nitrogens with zero attached hydrogens (tertiary/aromatic N) is 3. The molecule has 25 heavy (non-hydrogen) atoms. The second-order valence-corrected chi connectivity index (χ2v) is 6.19. The summed E-state index contributed by atoms with van der Waals surface area (Å²) in [6, 6.07) is 4.62. The molecule has 0 amide bonds. The average molecular weight is 362 g/mol. The third-order valence-electron chi connectivity index (χ3n) is 3.13. The van der Waals surface area contributed by atoms with Crippen molar-refractivity contribution < 1.29 is 14.5 Å². The number of ether oxygens (including phenoxy) is 1. The summed E-state index contributed by atoms with van der Waals surface area (Å²) in [6.45, 7) is 5.57. The summed E-state index contributed by atoms with van der Waals surface area (Å²) in [5.74, 6) is 0.184. The summed E-state index contributed by atoms with van der Waals surface area (Å²) in [7, 11) is 0. The molecule has 0 fully saturated rings. The van der Waals surface area contributed by atoms with E-state index in [9.17, 15) is 14.9 Å². The largest absolute Gasteiger partial charge is 0.487 e. The molecule has 0 saturated heterocycles. The highest BCUT2D eigenvalue weighted by Crippen LogP contribution is 2.28. The number of benzene rings is 1. The molecule has 0 bridgehead atoms. The predicted octanol–water partition coefficient (Wildman–Crippen LogP) is 3.80. The van der Waals surface area contributed by atoms with Gasteiger partial charge < -0.3 is 4.74 Å². The molecule has 0 aliphatic carbocycles. The highest BCUT2D eigenvalue weighted by Gasteiger charge is 2.15. The van der Waals surface area contributed by atoms with Crippen molar-refractivity contribution in [1.82, 2.24) is 4.98 Å². The van der Waals surface area contributed by atoms with Gasteiger partial charge in [-0.2, -0.15) is 5.10 Å². The first kappa shape index (κ1) is 18.5. The molecule has 0 atom stereocenters. The van der Waals surface area contributed by atoms with Crippen LogP contribution in [0.4, 0.5) is 10.8 Å². The number of nitro groups is 1. The molecular formula is C16H18N4O4S. The molecule has 9 heteroatoms. The molecule has 2 rings (SSSR count). The quantitative estimate of drug-likeness (QED) is 0.331. The van der Waals surface area contributed by atoms with Gasteiger partial charge in [-0.1, -0.05) is 18.3 Å². The lowest BCUT2D eigenvalue weighted by molar-refractivity contribution is -0.385. The first-order valence-corrected chi connectivity index (χ1v) is 8.42. The van der Waals surface area contributed by atoms with Crippen molar-refractivity contribution >= 4 is 34.2 Å². The second kappa shape index (κ2) is 8.34. The van der Waals surface area contributed by atoms with Crippen molar-refractivity contribution in [1.29, 1.82) is 0 Å². The zero-order chi connectivity index (χ0) is 18.4. The number of hydrogen-bond donors (Lipinski definition) is 1. The molecule has 0 unspecified atom stereocenters. The van der Waals surface area contributed by atoms with Gasteiger partial charge in [0, 0.05) is 18.6 Å². The van der Waals surface area contributed by atoms with Gasteiger partial charge in [-0.05, 0) is 25.5 Å². The number of Topliss-reactive ketones (excluding diaryl/α,β-unsaturated/α-hetero) is 1. The number of aromatic nitrogens is 1. The number of rotatable bonds is 8. The van der Waals surface area contributed by atoms with E-state index in [1.165, 1.54) is 30.5 Å². The van der Waals surface area contributed by atoms with E-state index in [2.05, 4.69) is 15.5 Å². The Morgan fingerprint density at radius 3 is 2.88 bits per heavy atom. The van der Waals surface area contributed by atoms with Gasteiger partial charge in [-0.25, -0.2) is 4.98 Å². The lowest BCUT2D eigenvalue weighted by atomic mass is 10.2. The number of carbonyl (C=O) groups is 1. The molecular weight excluding hydrogens is 344 g/mol. The SMILES string of the molecule is CCCOc1ccc(/C=N\Nc2nc(C)c(C(C)=O)s2)cc1[N+](=O)[O-]. The van der Waals surface area contributed by atoms with Crippen LogP contribution in [0.25, 0.3) is 0 Å². The maximum atomic E-state index is 11.4. The van der Waals surface area contributed by atoms with Crippen molar-refractivity contribution in [3.05, 3.63) is 44.4 Å². The minimum Gasteiger partial charge on any atom is -0.487 e. The van der Waals surface area contributed by atoms with E-state index in [-0.39, 0.29) is 17.2 Å². The summed E-state index contributed by atoms with van der Waals surface area (Å²) in [5.41, 5.74) is 3.81. The van der Waals surface area contributed by atoms with Gasteiger partial charge >= 0.3 is 5.69 Å². The normalized spacial score (nSPS) is 10.8. The van der Waals surface area contributed by atoms with Crippen molar-refractivity contribution in [2.24, 2.45) is 5.10 Å². The van der Waals surface area contributed by atoms with E-state index in [0.29, 0.717) is 27.9 Å². The second-order valence-electron chi connectivity index (χ2n) is 5.19. The predicted molar refractivity (Wildman–Crippen MR) is 97.0 cm³/mol. The molecule has 1 aromatic heterocycles. The third-order valence-corrected chi connectivity index (χ3v) is 4.29. The fourth-order valence-corrected chi connectivity index (χ4v) is 2.84. The summed E-state index contributed by atoms with van der Waals surface area (Å²) >= 11 is 1.21. The zero-order valence-electron chi connectivity index (χ0n) is 14.1. The fourth-order valence-electron chi connectivity index (χ4n) is 2.02. The van der Waals surface area contributed by atoms with Crippen LogP contribution in [0.1, 0.15) is 41.2 Å². The van der Waals surface area contributed by atoms with Gasteiger partial charge in [0.1, 0.15) is 0 Å². The molecule has 0 spiro atoms. The maximum absolute atomic E-state index is 11.4. The monoisotopic (exact) mass is 362 g/mol. The van der Waals surface area contributed by atoms with Crippen molar-refractivity contribution in [3.8, 4) is 5.75 Å². The van der Waals surface area contributed by atoms with E-state index in [1.807, 2.05) is 6.92 Å². The number of carbonyl (C=O) groups excluding carboxylic acids is 1. The van der Waals surface area contributed by atoms with E-state index < -0.39 is 4.92 Å². The third kappa shape index (κ3) is 4.83. The van der Waals surface area contributed by atoms with Crippen LogP contribution in [0.15, 0.2) is 23.3 Å². The summed E-state index contributed by atoms with van der Waals surface area (Å²) < 4.78 is 5.37. The Balaban J connectivity index is 2.12. The Morgan fingerprint density at radius 2 is 2.28 bits per heavy atom. The van der Waals surface area contributed by atoms with Crippen molar-refractivity contribution in [3.63, 3.8) is 0 Å². The van der Waals surface area contributed by atoms with Crippen LogP contribution >= 0.6 is 11.3 Å². The Bertz CT molecular complexity index is 816. The highest BCUT2D eigenvalue weighted by atomic mass is 32.1. The number of anilines is 1. The van der Waals surface area contributed by atoms with Crippen LogP contribution in [-0.2, 0) is 0 Å². The van der Waals surface area contributed by atoms with E-state index >= 15 is 0 Å². The number of aryl methyl sites for hydroxylation is 1. The van der Waals surface area contributed by atoms with Gasteiger partial charge in [-0.3, -0.25) is 20.3 Å². The average Bonchev–Trinajstić information content (AvgIpc) is 2.94. The molecule has 1 heterocycles. The van der Waals surface area contributed by atoms with Gasteiger partial charge in [0.25, 0.3) is 0 Å². The summed E-state index contributed by atoms with van der Waals surface area (Å²) in [5, 5.41) is 15.7. The van der Waals surface area contributed by atoms with Crippen molar-refractivity contribution in [2.45, 2.75) is 27.2 Å². The molecule has 0 radical (unpaired) electrons. The topological polar surface area (TPSA) is 107 Å². The molecule has 0 aliphatic heterocycles. The van der Waals surface area contributed by atoms with Gasteiger partial charge in [-0.15, -0.1) is 0 Å². The highest BCUT2D eigenvalue weighted by molar-refractivity contribution is 7.17. The van der Waals surface area contributed by atoms with E-state index in [0.717, 1.165) is 6.42 Å². The lowest BCUT2D eigenvalue weighted by Gasteiger charge is -2.05. The minimum absolute atomic E-state index is 0.0506. The van der Waals surface area contributed by atoms with Crippen LogP contribution < -0.4 is 10.2 Å². The first-order valence-electron chi connectivity index (χ1n) is 7.61. The van der Waals surface area contributed by atoms with Gasteiger partial charge in [0.2, 0.25) is 5.13 Å². The number of hydrazone groups is 1. The smallest absolute Gasteiger partial charge is 0.311 e. The Hall–Kier alpha value is -2.81. The Morgan fingerprint density at radius 1 is 1.52 bits per heavy atom. The van der Waals surface area contributed by atoms with E-state index in [1.54, 1.807) is 19.1 Å². The van der Waals surface area contributed by atoms with Gasteiger partial charge in [0.15, 0.2) is 11.5 Å². The van der Waals surface area contributed by atoms with Crippen molar-refractivity contribution in [2.75, 3.05) is 12.0 Å². The van der Waals surface area contributed by atoms with Crippen LogP contribution in [0, 0.1) is 17.0 Å². The van der Waals surface area contributed by atoms with E-state index in [4.69, 9.17) is 4.74 Å². The molecule has 2 aromatic rings. The molecule has 0 aliphatic rings. The molecule has 1 N–H and O–H groups in total. The molecule has 0 saturated carbocycles. The molecule has 132 valence electrons. The molecule has 8 nitrogen and oxygen atoms in total. The fraction of sp³-hybridized carbons (Fsp3) is 0.312. The standard InChI is InChI=1S/C16H18N4O4S/c1-4-7-24-14-6-5-12(8-13(14)20(22)23)9-17-19-16-18-10(2)15(25-16)11(3)21/h5-6,8-9H,4,7H2,1-3H3,(H,18,19)/b17-9-. The van der Waals surface area contributed by atoms with Crippen LogP contribution in [0.5, 0.6) is 5.75 Å². The van der Waals surface area contributed by atoms with Crippen LogP contribution in [0.3, 0.4) is 0 Å². The summed E-state index contributed by atoms with van der Waals surface area (Å²) in [6.07, 6.45) is 2.21. The number of hydrogen-bond acceptors (Lipinski definition) is 8. The minimum atomic E-state index is -0.487. The Labute approximate surface area is 148 Å². The number of ketones is 1. The van der Waals surface area contributed by atoms with Gasteiger partial charge in [0.05, 0.1) is 28.3 Å². The van der Waals surface area contributed by atoms with Crippen LogP contribution in [0.2, 0.25) is 0 Å². The molecule has 1 aromatic carbocycles. The number of nitro benzene ring substituents is 1. The maximum Gasteiger partial charge on any atom is 0.311 e. The number of nitrogens with one attached hydrogen (secondary N) is 1. The Kier molecular flexibility index (Phi) is 6.18. The first-order chi connectivity index (χ1) is 11.9. The summed E-state index contributed by atoms with van der Waals surface area (Å²) in [4.78, 5) is 26.9. The van der Waals surface area contributed by atoms with Crippen LogP contribution in [-0.4, -0.2) is 28.5 Å². The zero-order valence-corrected chi connectivity index (χ0v) is 14.9.